The van der Waals surface area contributed by atoms with Crippen molar-refractivity contribution in [3.63, 3.8) is 0 Å². The van der Waals surface area contributed by atoms with Crippen molar-refractivity contribution >= 4 is 35.1 Å². The van der Waals surface area contributed by atoms with Crippen molar-refractivity contribution in [2.75, 3.05) is 31.1 Å². The number of aromatic amines is 1. The van der Waals surface area contributed by atoms with Crippen LogP contribution in [0.2, 0.25) is 0 Å². The molecule has 0 spiro atoms. The van der Waals surface area contributed by atoms with E-state index in [1.54, 1.807) is 0 Å². The van der Waals surface area contributed by atoms with Gasteiger partial charge in [-0.25, -0.2) is 0 Å². The molecule has 210 valence electrons. The van der Waals surface area contributed by atoms with Gasteiger partial charge in [-0.2, -0.15) is 10.5 Å². The molecule has 0 radical (unpaired) electrons. The molecule has 0 saturated carbocycles. The SMILES string of the molecule is C/C(=C(\C#N)C(N)=S)N1CCCC(c2ccccc2)C1.N#Cc1c(N2CCCC(c3ccccc3)C2)cc[nH]c1=S. The number of aromatic nitrogens is 1. The number of hydrogen-bond acceptors (Lipinski definition) is 6. The Kier molecular flexibility index (Phi) is 10.7. The maximum Gasteiger partial charge on any atom is 0.123 e. The fraction of sp³-hybridized carbons (Fsp3) is 0.333. The quantitative estimate of drug-likeness (QED) is 0.192. The number of benzene rings is 2. The number of likely N-dealkylation sites (tertiary alicyclic amines) is 1. The van der Waals surface area contributed by atoms with Gasteiger partial charge in [-0.3, -0.25) is 0 Å². The fourth-order valence-electron chi connectivity index (χ4n) is 5.78. The highest BCUT2D eigenvalue weighted by Crippen LogP contribution is 2.32. The van der Waals surface area contributed by atoms with E-state index in [2.05, 4.69) is 75.5 Å². The van der Waals surface area contributed by atoms with Gasteiger partial charge >= 0.3 is 0 Å². The second kappa shape index (κ2) is 14.6. The number of rotatable bonds is 5. The molecule has 3 N–H and O–H groups in total. The maximum absolute atomic E-state index is 9.35. The largest absolute Gasteiger partial charge is 0.389 e. The Morgan fingerprint density at radius 2 is 1.49 bits per heavy atom. The lowest BCUT2D eigenvalue weighted by molar-refractivity contribution is 0.258. The molecule has 0 amide bonds. The van der Waals surface area contributed by atoms with Crippen molar-refractivity contribution in [3.8, 4) is 12.1 Å². The first-order valence-corrected chi connectivity index (χ1v) is 14.9. The molecule has 2 aliphatic rings. The van der Waals surface area contributed by atoms with Crippen molar-refractivity contribution in [3.05, 3.63) is 106 Å². The Morgan fingerprint density at radius 3 is 2.05 bits per heavy atom. The first-order valence-electron chi connectivity index (χ1n) is 14.0. The molecule has 0 bridgehead atoms. The number of H-pyrrole nitrogens is 1. The van der Waals surface area contributed by atoms with Crippen LogP contribution in [0.1, 0.15) is 61.1 Å². The van der Waals surface area contributed by atoms with Gasteiger partial charge in [0.25, 0.3) is 0 Å². The number of nitrogens with one attached hydrogen (secondary N) is 1. The summed E-state index contributed by atoms with van der Waals surface area (Å²) in [6.45, 7) is 5.74. The zero-order valence-corrected chi connectivity index (χ0v) is 25.1. The highest BCUT2D eigenvalue weighted by molar-refractivity contribution is 7.80. The fourth-order valence-corrected chi connectivity index (χ4v) is 6.20. The topological polar surface area (TPSA) is 95.9 Å². The lowest BCUT2D eigenvalue weighted by Crippen LogP contribution is -2.34. The van der Waals surface area contributed by atoms with E-state index in [0.29, 0.717) is 27.6 Å². The third-order valence-electron chi connectivity index (χ3n) is 7.97. The van der Waals surface area contributed by atoms with Crippen molar-refractivity contribution in [1.29, 1.82) is 10.5 Å². The molecule has 0 aliphatic carbocycles. The minimum absolute atomic E-state index is 0.187. The minimum Gasteiger partial charge on any atom is -0.389 e. The summed E-state index contributed by atoms with van der Waals surface area (Å²) in [6, 6.07) is 27.5. The molecule has 1 aromatic heterocycles. The number of nitriles is 2. The standard InChI is InChI=1S/C17H17N3S.C16H19N3S/c18-11-15-16(8-9-19-17(15)21)20-10-4-7-14(12-20)13-5-2-1-3-6-13;1-12(15(10-17)16(18)20)19-9-5-8-14(11-19)13-6-3-2-4-7-13/h1-3,5-6,8-9,14H,4,7,10,12H2,(H,19,21);2-4,6-7,14H,5,8-9,11H2,1H3,(H2,18,20)/b;15-12-. The first kappa shape index (κ1) is 30.0. The van der Waals surface area contributed by atoms with Crippen LogP contribution >= 0.6 is 24.4 Å². The smallest absolute Gasteiger partial charge is 0.123 e. The molecule has 2 aliphatic heterocycles. The zero-order valence-electron chi connectivity index (χ0n) is 23.4. The van der Waals surface area contributed by atoms with E-state index >= 15 is 0 Å². The van der Waals surface area contributed by atoms with E-state index in [-0.39, 0.29) is 4.99 Å². The summed E-state index contributed by atoms with van der Waals surface area (Å²) in [4.78, 5) is 7.66. The lowest BCUT2D eigenvalue weighted by atomic mass is 9.90. The Bertz CT molecular complexity index is 1500. The summed E-state index contributed by atoms with van der Waals surface area (Å²) < 4.78 is 0.525. The van der Waals surface area contributed by atoms with Gasteiger partial charge in [0.15, 0.2) is 0 Å². The summed E-state index contributed by atoms with van der Waals surface area (Å²) in [6.07, 6.45) is 6.46. The summed E-state index contributed by atoms with van der Waals surface area (Å²) >= 11 is 10.2. The van der Waals surface area contributed by atoms with E-state index in [1.807, 2.05) is 31.3 Å². The van der Waals surface area contributed by atoms with E-state index in [0.717, 1.165) is 50.4 Å². The average Bonchev–Trinajstić information content (AvgIpc) is 3.02. The van der Waals surface area contributed by atoms with Crippen LogP contribution < -0.4 is 10.6 Å². The second-order valence-electron chi connectivity index (χ2n) is 10.5. The summed E-state index contributed by atoms with van der Waals surface area (Å²) in [5.41, 5.74) is 11.2. The molecule has 41 heavy (non-hydrogen) atoms. The predicted octanol–water partition coefficient (Wildman–Crippen LogP) is 6.95. The number of thiocarbonyl (C=S) groups is 1. The van der Waals surface area contributed by atoms with Gasteiger partial charge in [-0.15, -0.1) is 0 Å². The Morgan fingerprint density at radius 1 is 0.902 bits per heavy atom. The molecule has 6 nitrogen and oxygen atoms in total. The molecule has 2 unspecified atom stereocenters. The average molecular weight is 581 g/mol. The van der Waals surface area contributed by atoms with Crippen LogP contribution in [0.25, 0.3) is 0 Å². The zero-order chi connectivity index (χ0) is 29.2. The van der Waals surface area contributed by atoms with E-state index in [9.17, 15) is 10.5 Å². The molecule has 2 saturated heterocycles. The minimum atomic E-state index is 0.187. The Labute approximate surface area is 253 Å². The third kappa shape index (κ3) is 7.61. The molecule has 8 heteroatoms. The Hall–Kier alpha value is -3.98. The van der Waals surface area contributed by atoms with Crippen molar-refractivity contribution in [2.45, 2.75) is 44.4 Å². The van der Waals surface area contributed by atoms with Crippen LogP contribution in [0.5, 0.6) is 0 Å². The van der Waals surface area contributed by atoms with Crippen LogP contribution in [0.3, 0.4) is 0 Å². The van der Waals surface area contributed by atoms with Gasteiger partial charge in [-0.1, -0.05) is 85.1 Å². The van der Waals surface area contributed by atoms with Gasteiger partial charge < -0.3 is 20.5 Å². The van der Waals surface area contributed by atoms with Crippen LogP contribution in [-0.4, -0.2) is 41.1 Å². The van der Waals surface area contributed by atoms with E-state index in [1.165, 1.54) is 24.0 Å². The van der Waals surface area contributed by atoms with E-state index < -0.39 is 0 Å². The second-order valence-corrected chi connectivity index (χ2v) is 11.4. The molecular formula is C33H36N6S2. The molecule has 2 fully saturated rings. The van der Waals surface area contributed by atoms with Gasteiger partial charge in [-0.05, 0) is 49.8 Å². The number of anilines is 1. The van der Waals surface area contributed by atoms with Crippen molar-refractivity contribution < 1.29 is 0 Å². The van der Waals surface area contributed by atoms with Crippen LogP contribution in [-0.2, 0) is 0 Å². The number of hydrogen-bond donors (Lipinski definition) is 2. The maximum atomic E-state index is 9.35. The molecular weight excluding hydrogens is 545 g/mol. The highest BCUT2D eigenvalue weighted by atomic mass is 32.1. The normalized spacial score (nSPS) is 19.1. The monoisotopic (exact) mass is 580 g/mol. The summed E-state index contributed by atoms with van der Waals surface area (Å²) in [7, 11) is 0. The van der Waals surface area contributed by atoms with Crippen LogP contribution in [0.4, 0.5) is 5.69 Å². The number of nitrogens with two attached hydrogens (primary N) is 1. The van der Waals surface area contributed by atoms with E-state index in [4.69, 9.17) is 30.2 Å². The van der Waals surface area contributed by atoms with Crippen molar-refractivity contribution in [2.24, 2.45) is 5.73 Å². The summed E-state index contributed by atoms with van der Waals surface area (Å²) in [5.74, 6) is 1.02. The predicted molar refractivity (Wildman–Crippen MR) is 172 cm³/mol. The van der Waals surface area contributed by atoms with Gasteiger partial charge in [0, 0.05) is 49.9 Å². The third-order valence-corrected chi connectivity index (χ3v) is 8.50. The molecule has 5 rings (SSSR count). The van der Waals surface area contributed by atoms with Crippen molar-refractivity contribution in [1.82, 2.24) is 9.88 Å². The number of pyridine rings is 1. The summed E-state index contributed by atoms with van der Waals surface area (Å²) in [5, 5.41) is 18.5. The lowest BCUT2D eigenvalue weighted by Gasteiger charge is -2.35. The van der Waals surface area contributed by atoms with Gasteiger partial charge in [0.05, 0.1) is 5.69 Å². The molecule has 3 heterocycles. The number of nitrogens with zero attached hydrogens (tertiary/aromatic N) is 4. The highest BCUT2D eigenvalue weighted by Gasteiger charge is 2.24. The molecule has 2 atom stereocenters. The molecule has 2 aromatic carbocycles. The Balaban J connectivity index is 0.000000189. The van der Waals surface area contributed by atoms with Gasteiger partial charge in [0.1, 0.15) is 32.9 Å². The number of piperidine rings is 2. The first-order chi connectivity index (χ1) is 19.9. The number of allylic oxidation sites excluding steroid dienone is 1. The molecule has 3 aromatic rings. The van der Waals surface area contributed by atoms with Crippen LogP contribution in [0, 0.1) is 27.3 Å². The van der Waals surface area contributed by atoms with Crippen LogP contribution in [0.15, 0.2) is 84.2 Å². The van der Waals surface area contributed by atoms with Gasteiger partial charge in [0.2, 0.25) is 0 Å².